The highest BCUT2D eigenvalue weighted by Crippen LogP contribution is 2.34. The van der Waals surface area contributed by atoms with Crippen LogP contribution in [-0.4, -0.2) is 58.9 Å². The molecule has 2 aliphatic rings. The smallest absolute Gasteiger partial charge is 0.410 e. The maximum atomic E-state index is 12.5. The van der Waals surface area contributed by atoms with E-state index in [9.17, 15) is 4.79 Å². The lowest BCUT2D eigenvalue weighted by atomic mass is 9.82. The van der Waals surface area contributed by atoms with Crippen molar-refractivity contribution in [2.75, 3.05) is 26.2 Å². The summed E-state index contributed by atoms with van der Waals surface area (Å²) < 4.78 is 6.64. The van der Waals surface area contributed by atoms with Crippen molar-refractivity contribution in [1.82, 2.24) is 9.80 Å². The molecule has 0 aromatic heterocycles. The molecule has 0 saturated carbocycles. The zero-order valence-electron chi connectivity index (χ0n) is 22.6. The van der Waals surface area contributed by atoms with Crippen LogP contribution in [0.2, 0.25) is 0 Å². The normalized spacial score (nSPS) is 19.5. The number of benzene rings is 2. The van der Waals surface area contributed by atoms with Crippen LogP contribution in [0, 0.1) is 5.92 Å². The highest BCUT2D eigenvalue weighted by atomic mass is 79.9. The Morgan fingerprint density at radius 2 is 1.62 bits per heavy atom. The van der Waals surface area contributed by atoms with Gasteiger partial charge in [0.1, 0.15) is 12.2 Å². The fourth-order valence-corrected chi connectivity index (χ4v) is 5.50. The predicted molar refractivity (Wildman–Crippen MR) is 152 cm³/mol. The maximum absolute atomic E-state index is 12.5. The van der Waals surface area contributed by atoms with Gasteiger partial charge in [0.05, 0.1) is 5.71 Å². The monoisotopic (exact) mass is 569 g/mol. The van der Waals surface area contributed by atoms with Gasteiger partial charge in [-0.15, -0.1) is 0 Å². The van der Waals surface area contributed by atoms with Crippen molar-refractivity contribution in [3.8, 4) is 0 Å². The Balaban J connectivity index is 1.37. The highest BCUT2D eigenvalue weighted by molar-refractivity contribution is 9.10. The van der Waals surface area contributed by atoms with Crippen molar-refractivity contribution in [2.45, 2.75) is 71.1 Å². The first-order chi connectivity index (χ1) is 17.6. The largest absolute Gasteiger partial charge is 0.444 e. The molecule has 200 valence electrons. The summed E-state index contributed by atoms with van der Waals surface area (Å²) >= 11 is 3.55. The van der Waals surface area contributed by atoms with Crippen LogP contribution < -0.4 is 0 Å². The molecule has 0 N–H and O–H groups in total. The van der Waals surface area contributed by atoms with Crippen LogP contribution >= 0.6 is 15.9 Å². The lowest BCUT2D eigenvalue weighted by Crippen LogP contribution is -2.57. The van der Waals surface area contributed by atoms with Crippen molar-refractivity contribution in [3.63, 3.8) is 0 Å². The molecule has 0 spiro atoms. The minimum Gasteiger partial charge on any atom is -0.444 e. The zero-order valence-corrected chi connectivity index (χ0v) is 24.2. The van der Waals surface area contributed by atoms with Gasteiger partial charge in [-0.3, -0.25) is 4.90 Å². The molecule has 0 radical (unpaired) electrons. The molecule has 2 fully saturated rings. The summed E-state index contributed by atoms with van der Waals surface area (Å²) in [6.07, 6.45) is 3.80. The molecular weight excluding hydrogens is 530 g/mol. The number of hydrogen-bond acceptors (Lipinski definition) is 5. The van der Waals surface area contributed by atoms with E-state index in [1.165, 1.54) is 0 Å². The average Bonchev–Trinajstić information content (AvgIpc) is 2.87. The van der Waals surface area contributed by atoms with Crippen molar-refractivity contribution in [1.29, 1.82) is 0 Å². The maximum Gasteiger partial charge on any atom is 0.410 e. The molecule has 2 saturated heterocycles. The zero-order chi connectivity index (χ0) is 26.5. The number of amides is 1. The molecule has 2 aromatic carbocycles. The van der Waals surface area contributed by atoms with Crippen LogP contribution in [0.25, 0.3) is 0 Å². The number of ether oxygens (including phenoxy) is 1. The van der Waals surface area contributed by atoms with Gasteiger partial charge in [0, 0.05) is 29.0 Å². The topological polar surface area (TPSA) is 54.4 Å². The fraction of sp³-hybridized carbons (Fsp3) is 0.533. The lowest BCUT2D eigenvalue weighted by Gasteiger charge is -2.49. The molecule has 2 aliphatic heterocycles. The molecule has 0 unspecified atom stereocenters. The van der Waals surface area contributed by atoms with Gasteiger partial charge in [-0.1, -0.05) is 63.6 Å². The number of likely N-dealkylation sites (tertiary alicyclic amines) is 2. The fourth-order valence-electron chi connectivity index (χ4n) is 5.24. The first-order valence-corrected chi connectivity index (χ1v) is 14.1. The Morgan fingerprint density at radius 3 is 2.22 bits per heavy atom. The molecule has 4 rings (SSSR count). The summed E-state index contributed by atoms with van der Waals surface area (Å²) in [6.45, 7) is 12.1. The number of piperidine rings is 2. The molecule has 7 heteroatoms. The van der Waals surface area contributed by atoms with Gasteiger partial charge in [0.25, 0.3) is 0 Å². The summed E-state index contributed by atoms with van der Waals surface area (Å²) in [4.78, 5) is 22.9. The summed E-state index contributed by atoms with van der Waals surface area (Å²) in [5, 5.41) is 4.68. The highest BCUT2D eigenvalue weighted by Gasteiger charge is 2.40. The van der Waals surface area contributed by atoms with Crippen LogP contribution in [0.3, 0.4) is 0 Å². The molecule has 6 nitrogen and oxygen atoms in total. The van der Waals surface area contributed by atoms with Gasteiger partial charge in [-0.2, -0.15) is 0 Å². The van der Waals surface area contributed by atoms with Crippen LogP contribution in [0.15, 0.2) is 64.2 Å². The third-order valence-electron chi connectivity index (χ3n) is 7.51. The van der Waals surface area contributed by atoms with E-state index in [1.807, 2.05) is 43.9 Å². The summed E-state index contributed by atoms with van der Waals surface area (Å²) in [6, 6.07) is 18.5. The van der Waals surface area contributed by atoms with E-state index in [0.29, 0.717) is 12.5 Å². The molecule has 0 atom stereocenters. The Hall–Kier alpha value is -2.38. The third kappa shape index (κ3) is 7.57. The van der Waals surface area contributed by atoms with Crippen LogP contribution in [0.1, 0.15) is 64.5 Å². The second-order valence-corrected chi connectivity index (χ2v) is 12.4. The summed E-state index contributed by atoms with van der Waals surface area (Å²) in [7, 11) is 0. The second kappa shape index (κ2) is 12.0. The number of halogens is 1. The molecule has 1 amide bonds. The van der Waals surface area contributed by atoms with Crippen molar-refractivity contribution >= 4 is 27.7 Å². The summed E-state index contributed by atoms with van der Waals surface area (Å²) in [5.74, 6) is 0.346. The van der Waals surface area contributed by atoms with E-state index < -0.39 is 5.60 Å². The van der Waals surface area contributed by atoms with E-state index in [2.05, 4.69) is 69.3 Å². The molecule has 2 aromatic rings. The second-order valence-electron chi connectivity index (χ2n) is 11.5. The van der Waals surface area contributed by atoms with Crippen LogP contribution in [-0.2, 0) is 16.2 Å². The minimum atomic E-state index is -0.460. The molecule has 37 heavy (non-hydrogen) atoms. The minimum absolute atomic E-state index is 0.0994. The van der Waals surface area contributed by atoms with Crippen LogP contribution in [0.4, 0.5) is 4.79 Å². The van der Waals surface area contributed by atoms with Crippen LogP contribution in [0.5, 0.6) is 0 Å². The number of carbonyl (C=O) groups is 1. The van der Waals surface area contributed by atoms with Crippen molar-refractivity contribution in [2.24, 2.45) is 11.1 Å². The van der Waals surface area contributed by atoms with Gasteiger partial charge in [-0.05, 0) is 89.7 Å². The predicted octanol–water partition coefficient (Wildman–Crippen LogP) is 6.87. The first-order valence-electron chi connectivity index (χ1n) is 13.4. The Morgan fingerprint density at radius 1 is 1.00 bits per heavy atom. The average molecular weight is 571 g/mol. The van der Waals surface area contributed by atoms with E-state index in [4.69, 9.17) is 9.57 Å². The Labute approximate surface area is 230 Å². The number of rotatable bonds is 6. The molecule has 0 aliphatic carbocycles. The molecule has 2 heterocycles. The third-order valence-corrected chi connectivity index (χ3v) is 8.04. The van der Waals surface area contributed by atoms with Gasteiger partial charge in [0.2, 0.25) is 0 Å². The van der Waals surface area contributed by atoms with E-state index in [1.54, 1.807) is 0 Å². The van der Waals surface area contributed by atoms with Gasteiger partial charge < -0.3 is 14.5 Å². The standard InChI is InChI=1S/C30H40BrN3O3/c1-29(2,3)37-28(35)33-20-16-30(4,17-21-33)34-18-14-25(15-19-34)27(24-10-12-26(31)13-11-24)32-36-22-23-8-6-5-7-9-23/h5-13,25H,14-22H2,1-4H3/b32-27-. The number of nitrogens with zero attached hydrogens (tertiary/aromatic N) is 3. The van der Waals surface area contributed by atoms with Crippen molar-refractivity contribution in [3.05, 3.63) is 70.2 Å². The lowest BCUT2D eigenvalue weighted by molar-refractivity contribution is -0.00831. The number of carbonyl (C=O) groups excluding carboxylic acids is 1. The van der Waals surface area contributed by atoms with Gasteiger partial charge >= 0.3 is 6.09 Å². The van der Waals surface area contributed by atoms with Gasteiger partial charge in [0.15, 0.2) is 0 Å². The van der Waals surface area contributed by atoms with Crippen molar-refractivity contribution < 1.29 is 14.4 Å². The Kier molecular flexibility index (Phi) is 8.96. The quantitative estimate of drug-likeness (QED) is 0.281. The molecular formula is C30H40BrN3O3. The number of oxime groups is 1. The SMILES string of the molecule is CC(C)(C)OC(=O)N1CCC(C)(N2CCC(/C(=N\OCc3ccccc3)c3ccc(Br)cc3)CC2)CC1. The Bertz CT molecular complexity index is 1050. The molecule has 0 bridgehead atoms. The summed E-state index contributed by atoms with van der Waals surface area (Å²) in [5.41, 5.74) is 2.90. The number of hydrogen-bond donors (Lipinski definition) is 0. The van der Waals surface area contributed by atoms with E-state index in [-0.39, 0.29) is 11.6 Å². The van der Waals surface area contributed by atoms with E-state index in [0.717, 1.165) is 73.2 Å². The van der Waals surface area contributed by atoms with Gasteiger partial charge in [-0.25, -0.2) is 4.79 Å². The van der Waals surface area contributed by atoms with E-state index >= 15 is 0 Å². The first kappa shape index (κ1) is 27.6.